The van der Waals surface area contributed by atoms with Gasteiger partial charge >= 0.3 is 0 Å². The Bertz CT molecular complexity index is 470. The van der Waals surface area contributed by atoms with Crippen molar-refractivity contribution in [3.8, 4) is 0 Å². The zero-order valence-electron chi connectivity index (χ0n) is 12.2. The van der Waals surface area contributed by atoms with E-state index in [9.17, 15) is 4.79 Å². The van der Waals surface area contributed by atoms with Gasteiger partial charge in [-0.3, -0.25) is 4.79 Å². The summed E-state index contributed by atoms with van der Waals surface area (Å²) in [5.74, 6) is 0.530. The summed E-state index contributed by atoms with van der Waals surface area (Å²) in [7, 11) is 1.87. The summed E-state index contributed by atoms with van der Waals surface area (Å²) < 4.78 is 0. The summed E-state index contributed by atoms with van der Waals surface area (Å²) in [6.07, 6.45) is 0. The van der Waals surface area contributed by atoms with Gasteiger partial charge in [0.05, 0.1) is 11.4 Å². The van der Waals surface area contributed by atoms with Crippen LogP contribution in [0.2, 0.25) is 0 Å². The van der Waals surface area contributed by atoms with Gasteiger partial charge in [-0.05, 0) is 31.0 Å². The number of hydrogen-bond acceptors (Lipinski definition) is 3. The van der Waals surface area contributed by atoms with Crippen molar-refractivity contribution in [3.63, 3.8) is 0 Å². The Kier molecular flexibility index (Phi) is 3.98. The highest BCUT2D eigenvalue weighted by molar-refractivity contribution is 5.96. The first kappa shape index (κ1) is 13.7. The highest BCUT2D eigenvalue weighted by atomic mass is 16.2. The average Bonchev–Trinajstić information content (AvgIpc) is 2.44. The molecule has 1 aromatic rings. The molecule has 104 valence electrons. The number of carbonyl (C=O) groups excluding carboxylic acids is 1. The van der Waals surface area contributed by atoms with E-state index in [1.807, 2.05) is 30.1 Å². The lowest BCUT2D eigenvalue weighted by atomic mass is 10.0. The molecular formula is C15H23N3O. The molecule has 0 aliphatic carbocycles. The first-order chi connectivity index (χ1) is 9.00. The minimum absolute atomic E-state index is 0.0800. The smallest absolute Gasteiger partial charge is 0.253 e. The van der Waals surface area contributed by atoms with Crippen molar-refractivity contribution in [1.29, 1.82) is 0 Å². The van der Waals surface area contributed by atoms with Gasteiger partial charge in [0.1, 0.15) is 0 Å². The summed E-state index contributed by atoms with van der Waals surface area (Å²) in [4.78, 5) is 14.3. The minimum atomic E-state index is 0.0800. The molecule has 1 amide bonds. The Morgan fingerprint density at radius 1 is 1.16 bits per heavy atom. The predicted octanol–water partition coefficient (Wildman–Crippen LogP) is 2.64. The maximum atomic E-state index is 12.5. The molecule has 1 aromatic carbocycles. The number of benzene rings is 1. The molecule has 0 aromatic heterocycles. The fourth-order valence-electron chi connectivity index (χ4n) is 2.21. The topological polar surface area (TPSA) is 44.4 Å². The van der Waals surface area contributed by atoms with Gasteiger partial charge in [0.15, 0.2) is 0 Å². The summed E-state index contributed by atoms with van der Waals surface area (Å²) in [6, 6.07) is 6.04. The first-order valence-corrected chi connectivity index (χ1v) is 6.89. The van der Waals surface area contributed by atoms with Crippen LogP contribution < -0.4 is 10.6 Å². The van der Waals surface area contributed by atoms with E-state index < -0.39 is 0 Å². The van der Waals surface area contributed by atoms with Crippen LogP contribution in [0, 0.1) is 5.92 Å². The highest BCUT2D eigenvalue weighted by Gasteiger charge is 2.21. The maximum Gasteiger partial charge on any atom is 0.253 e. The Hall–Kier alpha value is -1.71. The molecule has 2 rings (SSSR count). The summed E-state index contributed by atoms with van der Waals surface area (Å²) in [5.41, 5.74) is 2.83. The first-order valence-electron chi connectivity index (χ1n) is 6.89. The molecule has 19 heavy (non-hydrogen) atoms. The molecule has 0 bridgehead atoms. The van der Waals surface area contributed by atoms with Crippen LogP contribution >= 0.6 is 0 Å². The Labute approximate surface area is 115 Å². The van der Waals surface area contributed by atoms with E-state index in [1.54, 1.807) is 0 Å². The van der Waals surface area contributed by atoms with Gasteiger partial charge in [-0.2, -0.15) is 0 Å². The van der Waals surface area contributed by atoms with E-state index in [2.05, 4.69) is 31.4 Å². The number of nitrogens with zero attached hydrogens (tertiary/aromatic N) is 1. The van der Waals surface area contributed by atoms with Gasteiger partial charge in [-0.1, -0.05) is 13.8 Å². The second kappa shape index (κ2) is 5.51. The van der Waals surface area contributed by atoms with E-state index in [4.69, 9.17) is 0 Å². The van der Waals surface area contributed by atoms with Crippen molar-refractivity contribution >= 4 is 17.3 Å². The molecule has 2 N–H and O–H groups in total. The number of carbonyl (C=O) groups is 1. The van der Waals surface area contributed by atoms with Gasteiger partial charge in [0.25, 0.3) is 5.91 Å². The Morgan fingerprint density at radius 2 is 1.79 bits per heavy atom. The summed E-state index contributed by atoms with van der Waals surface area (Å²) >= 11 is 0. The van der Waals surface area contributed by atoms with E-state index in [1.165, 1.54) is 0 Å². The molecule has 0 saturated heterocycles. The van der Waals surface area contributed by atoms with Gasteiger partial charge in [0.2, 0.25) is 0 Å². The quantitative estimate of drug-likeness (QED) is 0.879. The third-order valence-corrected chi connectivity index (χ3v) is 3.92. The normalized spacial score (nSPS) is 15.2. The lowest BCUT2D eigenvalue weighted by Gasteiger charge is -2.28. The monoisotopic (exact) mass is 261 g/mol. The van der Waals surface area contributed by atoms with Crippen LogP contribution in [-0.2, 0) is 0 Å². The molecule has 1 aliphatic heterocycles. The number of fused-ring (bicyclic) bond motifs is 1. The summed E-state index contributed by atoms with van der Waals surface area (Å²) in [6.45, 7) is 8.16. The third-order valence-electron chi connectivity index (χ3n) is 3.92. The number of anilines is 2. The largest absolute Gasteiger partial charge is 0.382 e. The number of nitrogens with one attached hydrogen (secondary N) is 2. The van der Waals surface area contributed by atoms with Gasteiger partial charge in [-0.15, -0.1) is 0 Å². The van der Waals surface area contributed by atoms with Crippen LogP contribution in [-0.4, -0.2) is 37.0 Å². The number of rotatable bonds is 3. The van der Waals surface area contributed by atoms with Crippen molar-refractivity contribution in [1.82, 2.24) is 4.90 Å². The van der Waals surface area contributed by atoms with Crippen LogP contribution in [0.25, 0.3) is 0 Å². The molecule has 1 atom stereocenters. The van der Waals surface area contributed by atoms with Crippen LogP contribution in [0.1, 0.15) is 31.1 Å². The van der Waals surface area contributed by atoms with Gasteiger partial charge in [0, 0.05) is 31.7 Å². The van der Waals surface area contributed by atoms with Crippen molar-refractivity contribution in [3.05, 3.63) is 23.8 Å². The van der Waals surface area contributed by atoms with Gasteiger partial charge in [-0.25, -0.2) is 0 Å². The second-order valence-electron chi connectivity index (χ2n) is 5.51. The number of hydrogen-bond donors (Lipinski definition) is 2. The third kappa shape index (κ3) is 2.83. The molecular weight excluding hydrogens is 238 g/mol. The fourth-order valence-corrected chi connectivity index (χ4v) is 2.21. The van der Waals surface area contributed by atoms with Crippen molar-refractivity contribution in [2.24, 2.45) is 5.92 Å². The standard InChI is InChI=1S/C15H23N3O/c1-10(2)11(3)18(4)15(19)12-5-6-13-14(9-12)17-8-7-16-13/h5-6,9-11,16-17H,7-8H2,1-4H3. The van der Waals surface area contributed by atoms with E-state index in [0.717, 1.165) is 30.0 Å². The molecule has 0 spiro atoms. The Balaban J connectivity index is 2.19. The molecule has 4 nitrogen and oxygen atoms in total. The van der Waals surface area contributed by atoms with Crippen molar-refractivity contribution < 1.29 is 4.79 Å². The Morgan fingerprint density at radius 3 is 2.42 bits per heavy atom. The number of amides is 1. The van der Waals surface area contributed by atoms with E-state index in [0.29, 0.717) is 5.92 Å². The molecule has 1 unspecified atom stereocenters. The van der Waals surface area contributed by atoms with Crippen molar-refractivity contribution in [2.45, 2.75) is 26.8 Å². The molecule has 1 aliphatic rings. The molecule has 1 heterocycles. The zero-order chi connectivity index (χ0) is 14.0. The van der Waals surface area contributed by atoms with Gasteiger partial charge < -0.3 is 15.5 Å². The SMILES string of the molecule is CC(C)C(C)N(C)C(=O)c1ccc2c(c1)NCCN2. The lowest BCUT2D eigenvalue weighted by Crippen LogP contribution is -2.38. The molecule has 4 heteroatoms. The lowest BCUT2D eigenvalue weighted by molar-refractivity contribution is 0.0707. The fraction of sp³-hybridized carbons (Fsp3) is 0.533. The van der Waals surface area contributed by atoms with E-state index >= 15 is 0 Å². The highest BCUT2D eigenvalue weighted by Crippen LogP contribution is 2.26. The van der Waals surface area contributed by atoms with Crippen LogP contribution in [0.4, 0.5) is 11.4 Å². The van der Waals surface area contributed by atoms with Crippen LogP contribution in [0.3, 0.4) is 0 Å². The minimum Gasteiger partial charge on any atom is -0.382 e. The molecule has 0 fully saturated rings. The van der Waals surface area contributed by atoms with Crippen LogP contribution in [0.15, 0.2) is 18.2 Å². The maximum absolute atomic E-state index is 12.5. The van der Waals surface area contributed by atoms with Crippen LogP contribution in [0.5, 0.6) is 0 Å². The zero-order valence-corrected chi connectivity index (χ0v) is 12.2. The second-order valence-corrected chi connectivity index (χ2v) is 5.51. The van der Waals surface area contributed by atoms with E-state index in [-0.39, 0.29) is 11.9 Å². The predicted molar refractivity (Wildman–Crippen MR) is 79.8 cm³/mol. The molecule has 0 radical (unpaired) electrons. The van der Waals surface area contributed by atoms with Crippen molar-refractivity contribution in [2.75, 3.05) is 30.8 Å². The summed E-state index contributed by atoms with van der Waals surface area (Å²) in [5, 5.41) is 6.63. The molecule has 0 saturated carbocycles. The average molecular weight is 261 g/mol.